The second-order valence-corrected chi connectivity index (χ2v) is 4.27. The third-order valence-electron chi connectivity index (χ3n) is 3.01. The molecule has 0 aliphatic rings. The minimum absolute atomic E-state index is 0.391. The van der Waals surface area contributed by atoms with E-state index in [1.807, 2.05) is 0 Å². The number of carbonyl (C=O) groups excluding carboxylic acids is 1. The number of fused-ring (bicyclic) bond motifs is 1. The first-order chi connectivity index (χ1) is 8.95. The van der Waals surface area contributed by atoms with Crippen molar-refractivity contribution in [1.29, 1.82) is 0 Å². The molecule has 0 saturated heterocycles. The number of hydrogen-bond acceptors (Lipinski definition) is 5. The van der Waals surface area contributed by atoms with Crippen LogP contribution in [-0.4, -0.2) is 35.3 Å². The normalized spacial score (nSPS) is 12.6. The molecule has 3 N–H and O–H groups in total. The van der Waals surface area contributed by atoms with Gasteiger partial charge in [-0.3, -0.25) is 9.36 Å². The molecule has 0 spiro atoms. The maximum absolute atomic E-state index is 11.8. The summed E-state index contributed by atoms with van der Waals surface area (Å²) in [6, 6.07) is 3.98. The number of oxazole rings is 1. The van der Waals surface area contributed by atoms with Gasteiger partial charge in [-0.1, -0.05) is 0 Å². The van der Waals surface area contributed by atoms with Crippen molar-refractivity contribution >= 4 is 22.7 Å². The van der Waals surface area contributed by atoms with Gasteiger partial charge in [-0.25, -0.2) is 4.79 Å². The van der Waals surface area contributed by atoms with Crippen LogP contribution in [0, 0.1) is 0 Å². The van der Waals surface area contributed by atoms with Gasteiger partial charge in [0.05, 0.1) is 12.1 Å². The first-order valence-corrected chi connectivity index (χ1v) is 5.69. The Kier molecular flexibility index (Phi) is 3.41. The average molecular weight is 265 g/mol. The van der Waals surface area contributed by atoms with Gasteiger partial charge in [0.15, 0.2) is 5.58 Å². The Morgan fingerprint density at radius 2 is 2.26 bits per heavy atom. The summed E-state index contributed by atoms with van der Waals surface area (Å²) in [4.78, 5) is 24.5. The van der Waals surface area contributed by atoms with Gasteiger partial charge in [-0.15, -0.1) is 0 Å². The Morgan fingerprint density at radius 3 is 2.89 bits per heavy atom. The summed E-state index contributed by atoms with van der Waals surface area (Å²) in [7, 11) is 3.14. The molecular formula is C12H15N3O4. The third-order valence-corrected chi connectivity index (χ3v) is 3.01. The number of carbonyl (C=O) groups is 1. The number of aliphatic hydroxyl groups is 1. The minimum Gasteiger partial charge on any atom is -0.408 e. The molecule has 0 fully saturated rings. The summed E-state index contributed by atoms with van der Waals surface area (Å²) in [5.74, 6) is -0.881. The lowest BCUT2D eigenvalue weighted by Crippen LogP contribution is -2.44. The van der Waals surface area contributed by atoms with E-state index in [1.54, 1.807) is 32.3 Å². The fraction of sp³-hybridized carbons (Fsp3) is 0.333. The van der Waals surface area contributed by atoms with Crippen LogP contribution in [0.2, 0.25) is 0 Å². The van der Waals surface area contributed by atoms with Gasteiger partial charge in [0.25, 0.3) is 0 Å². The van der Waals surface area contributed by atoms with Crippen molar-refractivity contribution in [3.63, 3.8) is 0 Å². The van der Waals surface area contributed by atoms with Gasteiger partial charge >= 0.3 is 5.76 Å². The van der Waals surface area contributed by atoms with E-state index in [0.29, 0.717) is 16.8 Å². The number of benzene rings is 1. The topological polar surface area (TPSA) is 102 Å². The van der Waals surface area contributed by atoms with E-state index in [4.69, 9.17) is 15.3 Å². The molecule has 1 aromatic carbocycles. The van der Waals surface area contributed by atoms with Crippen LogP contribution < -0.4 is 16.4 Å². The van der Waals surface area contributed by atoms with E-state index in [9.17, 15) is 9.59 Å². The second kappa shape index (κ2) is 4.87. The molecule has 102 valence electrons. The van der Waals surface area contributed by atoms with Crippen molar-refractivity contribution in [2.24, 2.45) is 12.8 Å². The smallest absolute Gasteiger partial charge is 0.408 e. The highest BCUT2D eigenvalue weighted by Gasteiger charge is 2.19. The van der Waals surface area contributed by atoms with Gasteiger partial charge in [0, 0.05) is 25.8 Å². The highest BCUT2D eigenvalue weighted by Crippen LogP contribution is 2.20. The lowest BCUT2D eigenvalue weighted by atomic mass is 10.2. The van der Waals surface area contributed by atoms with Gasteiger partial charge in [-0.2, -0.15) is 0 Å². The van der Waals surface area contributed by atoms with Gasteiger partial charge in [0.1, 0.15) is 6.04 Å². The molecule has 0 saturated carbocycles. The molecule has 0 bridgehead atoms. The number of amides is 1. The Hall–Kier alpha value is -2.12. The molecule has 1 aromatic heterocycles. The average Bonchev–Trinajstić information content (AvgIpc) is 2.71. The summed E-state index contributed by atoms with van der Waals surface area (Å²) in [5.41, 5.74) is 7.05. The monoisotopic (exact) mass is 265 g/mol. The summed E-state index contributed by atoms with van der Waals surface area (Å²) in [6.07, 6.45) is 0. The molecule has 1 heterocycles. The van der Waals surface area contributed by atoms with Crippen LogP contribution in [0.3, 0.4) is 0 Å². The van der Waals surface area contributed by atoms with E-state index < -0.39 is 24.3 Å². The molecule has 0 aliphatic carbocycles. The van der Waals surface area contributed by atoms with Crippen molar-refractivity contribution in [2.75, 3.05) is 18.6 Å². The van der Waals surface area contributed by atoms with E-state index in [-0.39, 0.29) is 0 Å². The van der Waals surface area contributed by atoms with Crippen LogP contribution in [0.25, 0.3) is 11.1 Å². The molecule has 19 heavy (non-hydrogen) atoms. The fourth-order valence-corrected chi connectivity index (χ4v) is 1.79. The lowest BCUT2D eigenvalue weighted by Gasteiger charge is -2.20. The molecule has 1 amide bonds. The van der Waals surface area contributed by atoms with Crippen molar-refractivity contribution < 1.29 is 14.3 Å². The van der Waals surface area contributed by atoms with Crippen molar-refractivity contribution in [3.8, 4) is 0 Å². The first-order valence-electron chi connectivity index (χ1n) is 5.69. The highest BCUT2D eigenvalue weighted by atomic mass is 16.4. The SMILES string of the molecule is CN(C(=O)C(N)CO)c1ccc2c(c1)oc(=O)n2C. The predicted molar refractivity (Wildman–Crippen MR) is 69.9 cm³/mol. The van der Waals surface area contributed by atoms with E-state index in [1.165, 1.54) is 9.47 Å². The Morgan fingerprint density at radius 1 is 1.58 bits per heavy atom. The van der Waals surface area contributed by atoms with Crippen molar-refractivity contribution in [2.45, 2.75) is 6.04 Å². The van der Waals surface area contributed by atoms with E-state index in [0.717, 1.165) is 0 Å². The van der Waals surface area contributed by atoms with Gasteiger partial charge in [-0.05, 0) is 12.1 Å². The Balaban J connectivity index is 2.41. The number of likely N-dealkylation sites (N-methyl/N-ethyl adjacent to an activating group) is 1. The standard InChI is InChI=1S/C12H15N3O4/c1-14(11(17)8(13)6-16)7-3-4-9-10(5-7)19-12(18)15(9)2/h3-5,8,16H,6,13H2,1-2H3. The molecule has 1 unspecified atom stereocenters. The van der Waals surface area contributed by atoms with Crippen molar-refractivity contribution in [1.82, 2.24) is 4.57 Å². The minimum atomic E-state index is -0.969. The number of nitrogens with two attached hydrogens (primary N) is 1. The molecule has 2 rings (SSSR count). The number of nitrogens with zero attached hydrogens (tertiary/aromatic N) is 2. The molecule has 1 atom stereocenters. The number of hydrogen-bond donors (Lipinski definition) is 2. The quantitative estimate of drug-likeness (QED) is 0.772. The van der Waals surface area contributed by atoms with Crippen molar-refractivity contribution in [3.05, 3.63) is 28.7 Å². The number of rotatable bonds is 3. The molecule has 7 heteroatoms. The molecule has 0 radical (unpaired) electrons. The number of aryl methyl sites for hydroxylation is 1. The largest absolute Gasteiger partial charge is 0.419 e. The van der Waals surface area contributed by atoms with Crippen LogP contribution in [0.4, 0.5) is 5.69 Å². The Labute approximate surface area is 108 Å². The maximum atomic E-state index is 11.8. The van der Waals surface area contributed by atoms with E-state index >= 15 is 0 Å². The number of anilines is 1. The van der Waals surface area contributed by atoms with Crippen LogP contribution in [0.15, 0.2) is 27.4 Å². The number of aliphatic hydroxyl groups excluding tert-OH is 1. The fourth-order valence-electron chi connectivity index (χ4n) is 1.79. The van der Waals surface area contributed by atoms with Crippen LogP contribution >= 0.6 is 0 Å². The second-order valence-electron chi connectivity index (χ2n) is 4.27. The molecular weight excluding hydrogens is 250 g/mol. The highest BCUT2D eigenvalue weighted by molar-refractivity contribution is 5.97. The zero-order valence-electron chi connectivity index (χ0n) is 10.7. The summed E-state index contributed by atoms with van der Waals surface area (Å²) >= 11 is 0. The summed E-state index contributed by atoms with van der Waals surface area (Å²) in [6.45, 7) is -0.425. The van der Waals surface area contributed by atoms with Crippen LogP contribution in [0.5, 0.6) is 0 Å². The lowest BCUT2D eigenvalue weighted by molar-refractivity contribution is -0.120. The molecule has 0 aliphatic heterocycles. The zero-order chi connectivity index (χ0) is 14.2. The first kappa shape index (κ1) is 13.3. The summed E-state index contributed by atoms with van der Waals surface area (Å²) < 4.78 is 6.42. The van der Waals surface area contributed by atoms with Crippen LogP contribution in [-0.2, 0) is 11.8 Å². The molecule has 2 aromatic rings. The molecule has 7 nitrogen and oxygen atoms in total. The summed E-state index contributed by atoms with van der Waals surface area (Å²) in [5, 5.41) is 8.88. The zero-order valence-corrected chi connectivity index (χ0v) is 10.7. The van der Waals surface area contributed by atoms with E-state index in [2.05, 4.69) is 0 Å². The van der Waals surface area contributed by atoms with Crippen LogP contribution in [0.1, 0.15) is 0 Å². The van der Waals surface area contributed by atoms with Gasteiger partial charge in [0.2, 0.25) is 5.91 Å². The Bertz CT molecular complexity index is 673. The predicted octanol–water partition coefficient (Wildman–Crippen LogP) is -0.586. The maximum Gasteiger partial charge on any atom is 0.419 e. The number of aromatic nitrogens is 1. The van der Waals surface area contributed by atoms with Gasteiger partial charge < -0.3 is 20.2 Å². The third kappa shape index (κ3) is 2.25.